The smallest absolute Gasteiger partial charge is 0.410 e. The second-order valence-electron chi connectivity index (χ2n) is 9.51. The molecule has 1 atom stereocenters. The summed E-state index contributed by atoms with van der Waals surface area (Å²) in [5, 5.41) is 0. The Balaban J connectivity index is 0.00000158. The molecule has 34 heavy (non-hydrogen) atoms. The SMILES string of the molecule is CC.Cc1ccc(-c2cc(-c3cnc([C@@H]4CCCN4C(=O)OC(C)(C)C)[nH]3)cc(F)c2C)cc1. The molecule has 4 rings (SSSR count). The van der Waals surface area contributed by atoms with Crippen LogP contribution in [0, 0.1) is 19.7 Å². The van der Waals surface area contributed by atoms with Crippen molar-refractivity contribution in [3.05, 3.63) is 65.4 Å². The molecule has 1 fully saturated rings. The van der Waals surface area contributed by atoms with Crippen molar-refractivity contribution < 1.29 is 13.9 Å². The fraction of sp³-hybridized carbons (Fsp3) is 0.429. The number of amides is 1. The molecule has 1 aromatic heterocycles. The Labute approximate surface area is 202 Å². The van der Waals surface area contributed by atoms with Crippen LogP contribution in [0.15, 0.2) is 42.6 Å². The van der Waals surface area contributed by atoms with E-state index in [1.54, 1.807) is 18.0 Å². The van der Waals surface area contributed by atoms with Crippen LogP contribution in [0.5, 0.6) is 0 Å². The van der Waals surface area contributed by atoms with E-state index in [0.29, 0.717) is 17.9 Å². The minimum atomic E-state index is -0.551. The van der Waals surface area contributed by atoms with Gasteiger partial charge in [-0.1, -0.05) is 43.7 Å². The van der Waals surface area contributed by atoms with Crippen LogP contribution in [0.2, 0.25) is 0 Å². The van der Waals surface area contributed by atoms with Crippen molar-refractivity contribution in [2.45, 2.75) is 73.0 Å². The van der Waals surface area contributed by atoms with Crippen molar-refractivity contribution in [2.24, 2.45) is 0 Å². The van der Waals surface area contributed by atoms with Crippen LogP contribution >= 0.6 is 0 Å². The van der Waals surface area contributed by atoms with Crippen LogP contribution in [-0.4, -0.2) is 33.1 Å². The van der Waals surface area contributed by atoms with Crippen molar-refractivity contribution in [3.8, 4) is 22.4 Å². The lowest BCUT2D eigenvalue weighted by molar-refractivity contribution is 0.0218. The molecule has 0 bridgehead atoms. The molecule has 182 valence electrons. The average Bonchev–Trinajstić information content (AvgIpc) is 3.46. The predicted molar refractivity (Wildman–Crippen MR) is 135 cm³/mol. The van der Waals surface area contributed by atoms with Gasteiger partial charge in [-0.3, -0.25) is 4.90 Å². The predicted octanol–water partition coefficient (Wildman–Crippen LogP) is 7.60. The first kappa shape index (κ1) is 25.5. The molecule has 1 aliphatic rings. The van der Waals surface area contributed by atoms with Gasteiger partial charge in [0.25, 0.3) is 0 Å². The molecule has 1 saturated heterocycles. The van der Waals surface area contributed by atoms with Crippen LogP contribution in [0.3, 0.4) is 0 Å². The lowest BCUT2D eigenvalue weighted by Crippen LogP contribution is -2.36. The highest BCUT2D eigenvalue weighted by atomic mass is 19.1. The number of nitrogens with one attached hydrogen (secondary N) is 1. The number of likely N-dealkylation sites (tertiary alicyclic amines) is 1. The number of carbonyl (C=O) groups is 1. The van der Waals surface area contributed by atoms with Gasteiger partial charge < -0.3 is 9.72 Å². The van der Waals surface area contributed by atoms with E-state index in [0.717, 1.165) is 40.8 Å². The summed E-state index contributed by atoms with van der Waals surface area (Å²) in [7, 11) is 0. The maximum Gasteiger partial charge on any atom is 0.410 e. The quantitative estimate of drug-likeness (QED) is 0.433. The van der Waals surface area contributed by atoms with Gasteiger partial charge >= 0.3 is 6.09 Å². The van der Waals surface area contributed by atoms with E-state index in [9.17, 15) is 9.18 Å². The number of benzene rings is 2. The summed E-state index contributed by atoms with van der Waals surface area (Å²) in [4.78, 5) is 22.2. The van der Waals surface area contributed by atoms with Gasteiger partial charge in [0.05, 0.1) is 17.9 Å². The number of aryl methyl sites for hydroxylation is 1. The van der Waals surface area contributed by atoms with Gasteiger partial charge in [-0.05, 0) is 76.3 Å². The average molecular weight is 466 g/mol. The van der Waals surface area contributed by atoms with E-state index in [1.807, 2.05) is 71.9 Å². The van der Waals surface area contributed by atoms with E-state index < -0.39 is 5.60 Å². The number of ether oxygens (including phenoxy) is 1. The first-order valence-electron chi connectivity index (χ1n) is 12.0. The number of nitrogens with zero attached hydrogens (tertiary/aromatic N) is 2. The molecule has 0 radical (unpaired) electrons. The molecule has 0 aliphatic carbocycles. The molecule has 5 nitrogen and oxygen atoms in total. The van der Waals surface area contributed by atoms with Crippen LogP contribution in [-0.2, 0) is 4.74 Å². The number of aromatic amines is 1. The first-order valence-corrected chi connectivity index (χ1v) is 12.0. The third-order valence-corrected chi connectivity index (χ3v) is 5.81. The summed E-state index contributed by atoms with van der Waals surface area (Å²) in [6, 6.07) is 11.4. The van der Waals surface area contributed by atoms with Gasteiger partial charge in [0.1, 0.15) is 17.2 Å². The van der Waals surface area contributed by atoms with Crippen molar-refractivity contribution in [3.63, 3.8) is 0 Å². The number of H-pyrrole nitrogens is 1. The van der Waals surface area contributed by atoms with E-state index >= 15 is 0 Å². The van der Waals surface area contributed by atoms with Crippen molar-refractivity contribution in [2.75, 3.05) is 6.54 Å². The van der Waals surface area contributed by atoms with Crippen LogP contribution in [0.4, 0.5) is 9.18 Å². The zero-order valence-electron chi connectivity index (χ0n) is 21.3. The summed E-state index contributed by atoms with van der Waals surface area (Å²) in [5.74, 6) is 0.437. The normalized spacial score (nSPS) is 15.6. The Morgan fingerprint density at radius 2 is 1.79 bits per heavy atom. The molecule has 1 amide bonds. The molecular weight excluding hydrogens is 429 g/mol. The Morgan fingerprint density at radius 3 is 2.44 bits per heavy atom. The summed E-state index contributed by atoms with van der Waals surface area (Å²) >= 11 is 0. The van der Waals surface area contributed by atoms with E-state index in [-0.39, 0.29) is 18.0 Å². The van der Waals surface area contributed by atoms with Crippen molar-refractivity contribution >= 4 is 6.09 Å². The maximum atomic E-state index is 14.8. The highest BCUT2D eigenvalue weighted by molar-refractivity contribution is 5.74. The number of carbonyl (C=O) groups excluding carboxylic acids is 1. The summed E-state index contributed by atoms with van der Waals surface area (Å²) in [5.41, 5.74) is 4.50. The van der Waals surface area contributed by atoms with Crippen LogP contribution < -0.4 is 0 Å². The lowest BCUT2D eigenvalue weighted by atomic mass is 9.96. The maximum absolute atomic E-state index is 14.8. The number of imidazole rings is 1. The third kappa shape index (κ3) is 5.66. The van der Waals surface area contributed by atoms with Gasteiger partial charge in [-0.2, -0.15) is 0 Å². The standard InChI is InChI=1S/C26H30FN3O2.C2H6/c1-16-8-10-18(11-9-16)20-13-19(14-21(27)17(20)2)22-15-28-24(29-22)23-7-6-12-30(23)25(31)32-26(3,4)5;1-2/h8-11,13-15,23H,6-7,12H2,1-5H3,(H,28,29);1-2H3/t23-;/m0./s1. The number of hydrogen-bond acceptors (Lipinski definition) is 3. The van der Waals surface area contributed by atoms with Gasteiger partial charge in [-0.15, -0.1) is 0 Å². The Kier molecular flexibility index (Phi) is 7.80. The van der Waals surface area contributed by atoms with E-state index in [2.05, 4.69) is 9.97 Å². The molecule has 2 heterocycles. The van der Waals surface area contributed by atoms with Gasteiger partial charge in [0.2, 0.25) is 0 Å². The minimum absolute atomic E-state index is 0.175. The molecule has 6 heteroatoms. The molecule has 2 aromatic carbocycles. The second kappa shape index (κ2) is 10.4. The largest absolute Gasteiger partial charge is 0.444 e. The lowest BCUT2D eigenvalue weighted by Gasteiger charge is -2.27. The van der Waals surface area contributed by atoms with E-state index in [1.165, 1.54) is 6.07 Å². The highest BCUT2D eigenvalue weighted by Crippen LogP contribution is 2.35. The molecule has 1 N–H and O–H groups in total. The highest BCUT2D eigenvalue weighted by Gasteiger charge is 2.34. The molecule has 3 aromatic rings. The fourth-order valence-electron chi connectivity index (χ4n) is 4.11. The third-order valence-electron chi connectivity index (χ3n) is 5.81. The summed E-state index contributed by atoms with van der Waals surface area (Å²) < 4.78 is 20.4. The second-order valence-corrected chi connectivity index (χ2v) is 9.51. The molecular formula is C28H36FN3O2. The first-order chi connectivity index (χ1) is 16.1. The number of rotatable bonds is 3. The Morgan fingerprint density at radius 1 is 1.12 bits per heavy atom. The zero-order valence-corrected chi connectivity index (χ0v) is 21.3. The Hall–Kier alpha value is -3.15. The fourth-order valence-corrected chi connectivity index (χ4v) is 4.11. The molecule has 1 aliphatic heterocycles. The van der Waals surface area contributed by atoms with Crippen molar-refractivity contribution in [1.29, 1.82) is 0 Å². The molecule has 0 saturated carbocycles. The number of halogens is 1. The van der Waals surface area contributed by atoms with Crippen LogP contribution in [0.25, 0.3) is 22.4 Å². The molecule has 0 unspecified atom stereocenters. The Bertz CT molecular complexity index is 1130. The van der Waals surface area contributed by atoms with Gasteiger partial charge in [-0.25, -0.2) is 14.2 Å². The minimum Gasteiger partial charge on any atom is -0.444 e. The molecule has 0 spiro atoms. The number of aromatic nitrogens is 2. The van der Waals surface area contributed by atoms with E-state index in [4.69, 9.17) is 4.74 Å². The van der Waals surface area contributed by atoms with Crippen LogP contribution in [0.1, 0.15) is 70.5 Å². The van der Waals surface area contributed by atoms with Crippen molar-refractivity contribution in [1.82, 2.24) is 14.9 Å². The summed E-state index contributed by atoms with van der Waals surface area (Å²) in [6.07, 6.45) is 3.07. The number of hydrogen-bond donors (Lipinski definition) is 1. The zero-order chi connectivity index (χ0) is 25.0. The topological polar surface area (TPSA) is 58.2 Å². The van der Waals surface area contributed by atoms with Gasteiger partial charge in [0.15, 0.2) is 0 Å². The summed E-state index contributed by atoms with van der Waals surface area (Å²) in [6.45, 7) is 14.0. The monoisotopic (exact) mass is 465 g/mol. The van der Waals surface area contributed by atoms with Gasteiger partial charge in [0, 0.05) is 12.1 Å².